The van der Waals surface area contributed by atoms with Crippen molar-refractivity contribution in [1.82, 2.24) is 15.0 Å². The standard InChI is InChI=1S/C27H33N3Si3/c1-31(2,22-10-7-13-28-19-22)25-16-26(32(3,4)23-11-8-14-29-20-23)18-27(17-25)33(5,6)24-12-9-15-30-21-24/h7-21H,1-6H3. The van der Waals surface area contributed by atoms with Gasteiger partial charge in [-0.05, 0) is 33.8 Å². The van der Waals surface area contributed by atoms with E-state index in [4.69, 9.17) is 0 Å². The van der Waals surface area contributed by atoms with Crippen molar-refractivity contribution in [2.75, 3.05) is 0 Å². The van der Waals surface area contributed by atoms with Gasteiger partial charge in [-0.25, -0.2) is 0 Å². The lowest BCUT2D eigenvalue weighted by Gasteiger charge is -2.32. The lowest BCUT2D eigenvalue weighted by atomic mass is 10.3. The molecule has 0 N–H and O–H groups in total. The van der Waals surface area contributed by atoms with Crippen LogP contribution in [0.25, 0.3) is 0 Å². The maximum atomic E-state index is 4.45. The first-order valence-electron chi connectivity index (χ1n) is 11.5. The molecule has 3 heterocycles. The minimum atomic E-state index is -1.93. The van der Waals surface area contributed by atoms with E-state index >= 15 is 0 Å². The molecular weight excluding hydrogens is 451 g/mol. The summed E-state index contributed by atoms with van der Waals surface area (Å²) >= 11 is 0. The summed E-state index contributed by atoms with van der Waals surface area (Å²) in [4.78, 5) is 13.3. The van der Waals surface area contributed by atoms with Gasteiger partial charge in [0.15, 0.2) is 0 Å². The van der Waals surface area contributed by atoms with Crippen LogP contribution in [0.1, 0.15) is 0 Å². The number of benzene rings is 1. The van der Waals surface area contributed by atoms with Gasteiger partial charge >= 0.3 is 0 Å². The topological polar surface area (TPSA) is 38.7 Å². The Morgan fingerprint density at radius 2 is 0.697 bits per heavy atom. The van der Waals surface area contributed by atoms with Gasteiger partial charge in [0.25, 0.3) is 0 Å². The van der Waals surface area contributed by atoms with E-state index in [9.17, 15) is 0 Å². The van der Waals surface area contributed by atoms with Crippen LogP contribution in [0.4, 0.5) is 0 Å². The number of nitrogens with zero attached hydrogens (tertiary/aromatic N) is 3. The number of hydrogen-bond donors (Lipinski definition) is 0. The maximum Gasteiger partial charge on any atom is 0.114 e. The first-order chi connectivity index (χ1) is 15.6. The molecule has 0 fully saturated rings. The van der Waals surface area contributed by atoms with Crippen LogP contribution in [0.3, 0.4) is 0 Å². The first kappa shape index (κ1) is 23.5. The molecule has 0 aliphatic carbocycles. The SMILES string of the molecule is C[Si](C)(c1cccnc1)c1cc([Si](C)(C)c2cccnc2)cc([Si](C)(C)c2cccnc2)c1. The highest BCUT2D eigenvalue weighted by Gasteiger charge is 2.35. The van der Waals surface area contributed by atoms with Gasteiger partial charge in [-0.3, -0.25) is 15.0 Å². The fourth-order valence-corrected chi connectivity index (χ4v) is 11.7. The smallest absolute Gasteiger partial charge is 0.114 e. The van der Waals surface area contributed by atoms with Gasteiger partial charge in [-0.15, -0.1) is 0 Å². The van der Waals surface area contributed by atoms with E-state index in [2.05, 4.69) is 127 Å². The molecule has 3 aromatic heterocycles. The predicted molar refractivity (Wildman–Crippen MR) is 149 cm³/mol. The molecule has 0 amide bonds. The molecule has 0 saturated heterocycles. The Bertz CT molecular complexity index is 1060. The van der Waals surface area contributed by atoms with Crippen LogP contribution in [0.5, 0.6) is 0 Å². The predicted octanol–water partition coefficient (Wildman–Crippen LogP) is 2.34. The van der Waals surface area contributed by atoms with E-state index in [1.807, 2.05) is 18.6 Å². The summed E-state index contributed by atoms with van der Waals surface area (Å²) in [6.45, 7) is 14.7. The number of hydrogen-bond acceptors (Lipinski definition) is 3. The van der Waals surface area contributed by atoms with Gasteiger partial charge in [0.1, 0.15) is 24.2 Å². The quantitative estimate of drug-likeness (QED) is 0.395. The summed E-state index contributed by atoms with van der Waals surface area (Å²) in [6, 6.07) is 20.5. The van der Waals surface area contributed by atoms with Crippen LogP contribution in [0.2, 0.25) is 39.3 Å². The molecule has 0 aliphatic rings. The van der Waals surface area contributed by atoms with Crippen molar-refractivity contribution >= 4 is 55.3 Å². The number of aromatic nitrogens is 3. The van der Waals surface area contributed by atoms with Crippen molar-refractivity contribution in [3.8, 4) is 0 Å². The summed E-state index contributed by atoms with van der Waals surface area (Å²) in [5, 5.41) is 8.56. The Kier molecular flexibility index (Phi) is 6.35. The third kappa shape index (κ3) is 4.55. The van der Waals surface area contributed by atoms with E-state index in [1.165, 1.54) is 31.1 Å². The lowest BCUT2D eigenvalue weighted by molar-refractivity contribution is 1.34. The highest BCUT2D eigenvalue weighted by molar-refractivity contribution is 7.05. The molecule has 0 bridgehead atoms. The minimum absolute atomic E-state index is 1.37. The molecule has 0 aliphatic heterocycles. The number of rotatable bonds is 6. The van der Waals surface area contributed by atoms with Crippen LogP contribution in [-0.2, 0) is 0 Å². The average molecular weight is 484 g/mol. The van der Waals surface area contributed by atoms with Crippen molar-refractivity contribution in [3.63, 3.8) is 0 Å². The van der Waals surface area contributed by atoms with E-state index in [1.54, 1.807) is 0 Å². The molecule has 6 heteroatoms. The molecule has 0 spiro atoms. The molecule has 3 nitrogen and oxygen atoms in total. The Morgan fingerprint density at radius 3 is 0.909 bits per heavy atom. The van der Waals surface area contributed by atoms with Crippen molar-refractivity contribution < 1.29 is 0 Å². The summed E-state index contributed by atoms with van der Waals surface area (Å²) in [5.41, 5.74) is 0. The van der Waals surface area contributed by atoms with Gasteiger partial charge in [0.2, 0.25) is 0 Å². The summed E-state index contributed by atoms with van der Waals surface area (Å²) in [6.07, 6.45) is 11.8. The summed E-state index contributed by atoms with van der Waals surface area (Å²) in [5.74, 6) is 0. The van der Waals surface area contributed by atoms with Crippen LogP contribution in [0, 0.1) is 0 Å². The summed E-state index contributed by atoms with van der Waals surface area (Å²) < 4.78 is 0. The second-order valence-electron chi connectivity index (χ2n) is 10.4. The zero-order valence-corrected chi connectivity index (χ0v) is 23.5. The normalized spacial score (nSPS) is 12.5. The fourth-order valence-electron chi connectivity index (χ4n) is 4.41. The molecule has 4 aromatic rings. The van der Waals surface area contributed by atoms with Crippen molar-refractivity contribution in [2.24, 2.45) is 0 Å². The van der Waals surface area contributed by atoms with Gasteiger partial charge < -0.3 is 0 Å². The first-order valence-corrected chi connectivity index (χ1v) is 20.5. The minimum Gasteiger partial charge on any atom is -0.265 e. The van der Waals surface area contributed by atoms with E-state index in [-0.39, 0.29) is 0 Å². The number of pyridine rings is 3. The Labute approximate surface area is 201 Å². The van der Waals surface area contributed by atoms with Crippen molar-refractivity contribution in [2.45, 2.75) is 39.3 Å². The molecule has 0 saturated carbocycles. The molecule has 1 aromatic carbocycles. The van der Waals surface area contributed by atoms with Gasteiger partial charge in [-0.2, -0.15) is 0 Å². The zero-order valence-electron chi connectivity index (χ0n) is 20.5. The van der Waals surface area contributed by atoms with E-state index in [0.29, 0.717) is 0 Å². The average Bonchev–Trinajstić information content (AvgIpc) is 2.85. The molecule has 0 unspecified atom stereocenters. The van der Waals surface area contributed by atoms with Crippen molar-refractivity contribution in [3.05, 3.63) is 91.8 Å². The highest BCUT2D eigenvalue weighted by atomic mass is 28.3. The second-order valence-corrected chi connectivity index (χ2v) is 23.6. The van der Waals surface area contributed by atoms with Crippen molar-refractivity contribution in [1.29, 1.82) is 0 Å². The van der Waals surface area contributed by atoms with Gasteiger partial charge in [0.05, 0.1) is 0 Å². The fraction of sp³-hybridized carbons (Fsp3) is 0.222. The monoisotopic (exact) mass is 483 g/mol. The second kappa shape index (κ2) is 8.93. The van der Waals surface area contributed by atoms with Gasteiger partial charge in [-0.1, -0.05) is 91.2 Å². The van der Waals surface area contributed by atoms with E-state index < -0.39 is 24.2 Å². The molecule has 0 atom stereocenters. The van der Waals surface area contributed by atoms with Crippen LogP contribution < -0.4 is 31.1 Å². The van der Waals surface area contributed by atoms with Crippen LogP contribution in [0.15, 0.2) is 91.8 Å². The highest BCUT2D eigenvalue weighted by Crippen LogP contribution is 2.10. The maximum absolute atomic E-state index is 4.45. The molecule has 4 rings (SSSR count). The third-order valence-corrected chi connectivity index (χ3v) is 17.7. The van der Waals surface area contributed by atoms with Gasteiger partial charge in [0, 0.05) is 37.2 Å². The lowest BCUT2D eigenvalue weighted by Crippen LogP contribution is -2.62. The molecular formula is C27H33N3Si3. The largest absolute Gasteiger partial charge is 0.265 e. The Balaban J connectivity index is 1.95. The molecule has 33 heavy (non-hydrogen) atoms. The van der Waals surface area contributed by atoms with Crippen LogP contribution >= 0.6 is 0 Å². The Hall–Kier alpha value is -2.68. The molecule has 168 valence electrons. The van der Waals surface area contributed by atoms with E-state index in [0.717, 1.165) is 0 Å². The zero-order chi connectivity index (χ0) is 23.7. The molecule has 0 radical (unpaired) electrons. The summed E-state index contributed by atoms with van der Waals surface area (Å²) in [7, 11) is -5.78. The third-order valence-electron chi connectivity index (χ3n) is 7.25. The van der Waals surface area contributed by atoms with Crippen LogP contribution in [-0.4, -0.2) is 39.2 Å². The Morgan fingerprint density at radius 1 is 0.424 bits per heavy atom.